The molecule has 47 heavy (non-hydrogen) atoms. The largest absolute Gasteiger partial charge is 0.472 e. The number of rotatable bonds is 35. The minimum Gasteiger partial charge on any atom is -0.387 e. The SMILES string of the molecule is CCCCCCCC/C=C/C=C/[C@@H](O)[C@H](COP(=O)(O)OCCN)NC(=O)C(O)CCCCCCCCCCCCCCCCCC. The van der Waals surface area contributed by atoms with Crippen molar-refractivity contribution in [2.24, 2.45) is 5.73 Å². The molecule has 0 fully saturated rings. The fraction of sp³-hybridized carbons (Fsp3) is 0.865. The predicted molar refractivity (Wildman–Crippen MR) is 195 cm³/mol. The van der Waals surface area contributed by atoms with E-state index in [0.29, 0.717) is 6.42 Å². The number of carbonyl (C=O) groups is 1. The van der Waals surface area contributed by atoms with Crippen molar-refractivity contribution in [3.05, 3.63) is 24.3 Å². The van der Waals surface area contributed by atoms with Gasteiger partial charge in [0.25, 0.3) is 0 Å². The van der Waals surface area contributed by atoms with Crippen molar-refractivity contribution in [2.75, 3.05) is 19.8 Å². The van der Waals surface area contributed by atoms with Gasteiger partial charge in [0.05, 0.1) is 25.4 Å². The molecule has 0 rings (SSSR count). The van der Waals surface area contributed by atoms with Gasteiger partial charge in [0, 0.05) is 6.54 Å². The van der Waals surface area contributed by atoms with Gasteiger partial charge in [0.1, 0.15) is 6.10 Å². The lowest BCUT2D eigenvalue weighted by atomic mass is 10.0. The summed E-state index contributed by atoms with van der Waals surface area (Å²) in [7, 11) is -4.41. The summed E-state index contributed by atoms with van der Waals surface area (Å²) in [5, 5.41) is 23.8. The van der Waals surface area contributed by atoms with Gasteiger partial charge in [0.15, 0.2) is 0 Å². The van der Waals surface area contributed by atoms with Gasteiger partial charge < -0.3 is 26.2 Å². The number of phosphoric ester groups is 1. The molecule has 0 aromatic heterocycles. The first-order chi connectivity index (χ1) is 22.8. The lowest BCUT2D eigenvalue weighted by Gasteiger charge is -2.24. The summed E-state index contributed by atoms with van der Waals surface area (Å²) in [5.41, 5.74) is 5.33. The van der Waals surface area contributed by atoms with Crippen LogP contribution >= 0.6 is 7.82 Å². The number of aliphatic hydroxyl groups excluding tert-OH is 2. The van der Waals surface area contributed by atoms with Crippen LogP contribution in [0.2, 0.25) is 0 Å². The van der Waals surface area contributed by atoms with Crippen LogP contribution in [0.4, 0.5) is 0 Å². The van der Waals surface area contributed by atoms with Crippen LogP contribution in [0.5, 0.6) is 0 Å². The van der Waals surface area contributed by atoms with Crippen LogP contribution < -0.4 is 11.1 Å². The molecule has 0 saturated heterocycles. The van der Waals surface area contributed by atoms with Crippen molar-refractivity contribution in [3.63, 3.8) is 0 Å². The number of carbonyl (C=O) groups excluding carboxylic acids is 1. The molecule has 2 unspecified atom stereocenters. The molecule has 0 saturated carbocycles. The van der Waals surface area contributed by atoms with Gasteiger partial charge >= 0.3 is 7.82 Å². The van der Waals surface area contributed by atoms with Gasteiger partial charge in [-0.25, -0.2) is 4.57 Å². The van der Waals surface area contributed by atoms with E-state index in [1.54, 1.807) is 6.08 Å². The number of hydrogen-bond donors (Lipinski definition) is 5. The normalized spacial score (nSPS) is 15.3. The molecule has 0 heterocycles. The highest BCUT2D eigenvalue weighted by atomic mass is 31.2. The first-order valence-corrected chi connectivity index (χ1v) is 20.6. The number of hydrogen-bond acceptors (Lipinski definition) is 7. The van der Waals surface area contributed by atoms with Gasteiger partial charge in [-0.15, -0.1) is 0 Å². The molecule has 0 aliphatic carbocycles. The van der Waals surface area contributed by atoms with E-state index in [-0.39, 0.29) is 13.2 Å². The summed E-state index contributed by atoms with van der Waals surface area (Å²) >= 11 is 0. The molecule has 0 aliphatic heterocycles. The molecule has 9 nitrogen and oxygen atoms in total. The quantitative estimate of drug-likeness (QED) is 0.0252. The van der Waals surface area contributed by atoms with Crippen LogP contribution in [-0.2, 0) is 18.4 Å². The summed E-state index contributed by atoms with van der Waals surface area (Å²) in [4.78, 5) is 22.6. The monoisotopic (exact) mass is 689 g/mol. The van der Waals surface area contributed by atoms with Gasteiger partial charge in [-0.05, 0) is 19.3 Å². The summed E-state index contributed by atoms with van der Waals surface area (Å²) < 4.78 is 21.9. The van der Waals surface area contributed by atoms with Crippen molar-refractivity contribution < 1.29 is 33.5 Å². The highest BCUT2D eigenvalue weighted by molar-refractivity contribution is 7.47. The van der Waals surface area contributed by atoms with Crippen LogP contribution in [0, 0.1) is 0 Å². The number of nitrogens with two attached hydrogens (primary N) is 1. The van der Waals surface area contributed by atoms with Crippen LogP contribution in [0.15, 0.2) is 24.3 Å². The fourth-order valence-corrected chi connectivity index (χ4v) is 6.19. The van der Waals surface area contributed by atoms with Crippen LogP contribution in [0.1, 0.15) is 168 Å². The maximum atomic E-state index is 12.7. The Kier molecular flexibility index (Phi) is 32.7. The van der Waals surface area contributed by atoms with Crippen molar-refractivity contribution in [1.29, 1.82) is 0 Å². The van der Waals surface area contributed by atoms with E-state index in [4.69, 9.17) is 14.8 Å². The van der Waals surface area contributed by atoms with Crippen molar-refractivity contribution in [3.8, 4) is 0 Å². The number of unbranched alkanes of at least 4 members (excludes halogenated alkanes) is 21. The summed E-state index contributed by atoms with van der Waals surface area (Å²) in [6.45, 7) is 3.84. The lowest BCUT2D eigenvalue weighted by Crippen LogP contribution is -2.49. The molecule has 0 aromatic carbocycles. The third kappa shape index (κ3) is 30.7. The smallest absolute Gasteiger partial charge is 0.387 e. The van der Waals surface area contributed by atoms with Gasteiger partial charge in [-0.2, -0.15) is 0 Å². The van der Waals surface area contributed by atoms with Crippen molar-refractivity contribution >= 4 is 13.7 Å². The van der Waals surface area contributed by atoms with Gasteiger partial charge in [-0.1, -0.05) is 173 Å². The molecular weight excluding hydrogens is 615 g/mol. The number of allylic oxidation sites excluding steroid dienone is 3. The van der Waals surface area contributed by atoms with Crippen LogP contribution in [-0.4, -0.2) is 59.0 Å². The Balaban J connectivity index is 4.41. The Hall–Kier alpha value is -1.06. The van der Waals surface area contributed by atoms with Gasteiger partial charge in [0.2, 0.25) is 5.91 Å². The van der Waals surface area contributed by atoms with E-state index < -0.39 is 38.6 Å². The summed E-state index contributed by atoms with van der Waals surface area (Å²) in [5.74, 6) is -0.652. The predicted octanol–water partition coefficient (Wildman–Crippen LogP) is 8.80. The average molecular weight is 689 g/mol. The molecule has 0 aliphatic rings. The van der Waals surface area contributed by atoms with Crippen molar-refractivity contribution in [1.82, 2.24) is 5.32 Å². The topological polar surface area (TPSA) is 151 Å². The number of amides is 1. The highest BCUT2D eigenvalue weighted by Crippen LogP contribution is 2.43. The Labute approximate surface area is 288 Å². The Bertz CT molecular complexity index is 812. The molecule has 4 atom stereocenters. The van der Waals surface area contributed by atoms with E-state index >= 15 is 0 Å². The molecule has 0 bridgehead atoms. The second-order valence-electron chi connectivity index (χ2n) is 13.0. The molecule has 0 radical (unpaired) electrons. The zero-order chi connectivity index (χ0) is 34.9. The maximum absolute atomic E-state index is 12.7. The Morgan fingerprint density at radius 1 is 0.723 bits per heavy atom. The van der Waals surface area contributed by atoms with Crippen LogP contribution in [0.3, 0.4) is 0 Å². The van der Waals surface area contributed by atoms with Gasteiger partial charge in [-0.3, -0.25) is 13.8 Å². The first kappa shape index (κ1) is 45.9. The Morgan fingerprint density at radius 3 is 1.68 bits per heavy atom. The number of phosphoric acid groups is 1. The van der Waals surface area contributed by atoms with E-state index in [1.165, 1.54) is 122 Å². The van der Waals surface area contributed by atoms with Crippen LogP contribution in [0.25, 0.3) is 0 Å². The molecule has 0 aromatic rings. The minimum atomic E-state index is -4.41. The zero-order valence-corrected chi connectivity index (χ0v) is 31.0. The fourth-order valence-electron chi connectivity index (χ4n) is 5.43. The first-order valence-electron chi connectivity index (χ1n) is 19.1. The minimum absolute atomic E-state index is 0.0378. The van der Waals surface area contributed by atoms with E-state index in [2.05, 4.69) is 19.2 Å². The van der Waals surface area contributed by atoms with E-state index in [9.17, 15) is 24.5 Å². The molecule has 0 spiro atoms. The van der Waals surface area contributed by atoms with E-state index in [1.807, 2.05) is 12.2 Å². The molecule has 1 amide bonds. The third-order valence-electron chi connectivity index (χ3n) is 8.44. The summed E-state index contributed by atoms with van der Waals surface area (Å²) in [6.07, 6.45) is 33.1. The lowest BCUT2D eigenvalue weighted by molar-refractivity contribution is -0.131. The highest BCUT2D eigenvalue weighted by Gasteiger charge is 2.28. The molecular formula is C37H73N2O7P. The molecule has 10 heteroatoms. The average Bonchev–Trinajstić information content (AvgIpc) is 3.06. The van der Waals surface area contributed by atoms with Crippen molar-refractivity contribution in [2.45, 2.75) is 186 Å². The number of nitrogens with one attached hydrogen (secondary N) is 1. The molecule has 278 valence electrons. The second-order valence-corrected chi connectivity index (χ2v) is 14.4. The maximum Gasteiger partial charge on any atom is 0.472 e. The zero-order valence-electron chi connectivity index (χ0n) is 30.1. The third-order valence-corrected chi connectivity index (χ3v) is 9.43. The second kappa shape index (κ2) is 33.4. The summed E-state index contributed by atoms with van der Waals surface area (Å²) in [6, 6.07) is -1.06. The van der Waals surface area contributed by atoms with E-state index in [0.717, 1.165) is 32.1 Å². The number of aliphatic hydroxyl groups is 2. The Morgan fingerprint density at radius 2 is 1.19 bits per heavy atom. The molecule has 6 N–H and O–H groups in total. The standard InChI is InChI=1S/C37H73N2O7P/c1-3-5-7-9-11-13-15-16-17-18-19-20-22-24-26-28-30-36(41)37(42)39-34(33-46-47(43,44)45-32-31-38)35(40)29-27-25-23-21-14-12-10-8-6-4-2/h23,25,27,29,34-36,40-41H,3-22,24,26,28,30-33,38H2,1-2H3,(H,39,42)(H,43,44)/b25-23+,29-27+/t34-,35+,36?/m0/s1.